The molecule has 6 heteroatoms. The van der Waals surface area contributed by atoms with E-state index in [4.69, 9.17) is 5.73 Å². The van der Waals surface area contributed by atoms with Crippen molar-refractivity contribution in [2.24, 2.45) is 11.7 Å². The number of aliphatic hydroxyl groups excluding tert-OH is 1. The van der Waals surface area contributed by atoms with Crippen LogP contribution in [0.15, 0.2) is 54.6 Å². The molecule has 2 aromatic carbocycles. The van der Waals surface area contributed by atoms with Crippen LogP contribution in [0.2, 0.25) is 0 Å². The number of amides is 2. The Morgan fingerprint density at radius 3 is 2.23 bits per heavy atom. The van der Waals surface area contributed by atoms with Crippen LogP contribution in [0.3, 0.4) is 0 Å². The molecule has 1 fully saturated rings. The van der Waals surface area contributed by atoms with Gasteiger partial charge in [0.15, 0.2) is 0 Å². The number of hydrogen-bond acceptors (Lipinski definition) is 4. The quantitative estimate of drug-likeness (QED) is 0.683. The normalized spacial score (nSPS) is 20.8. The summed E-state index contributed by atoms with van der Waals surface area (Å²) in [5, 5.41) is 13.0. The zero-order valence-electron chi connectivity index (χ0n) is 17.8. The monoisotopic (exact) mass is 409 g/mol. The maximum atomic E-state index is 12.9. The Hall–Kier alpha value is -2.70. The van der Waals surface area contributed by atoms with Crippen molar-refractivity contribution in [2.45, 2.75) is 51.4 Å². The Morgan fingerprint density at radius 2 is 1.63 bits per heavy atom. The van der Waals surface area contributed by atoms with Crippen LogP contribution in [0.5, 0.6) is 0 Å². The van der Waals surface area contributed by atoms with E-state index in [9.17, 15) is 14.7 Å². The third kappa shape index (κ3) is 4.89. The van der Waals surface area contributed by atoms with Crippen LogP contribution in [0.4, 0.5) is 0 Å². The van der Waals surface area contributed by atoms with E-state index >= 15 is 0 Å². The van der Waals surface area contributed by atoms with Crippen molar-refractivity contribution in [3.05, 3.63) is 60.2 Å². The SMILES string of the molecule is CC(C)[C@H](N)C(=O)N1C[C@H](O)C[C@H]1C(=O)N[C@@H](C)c1ccc(-c2ccccc2)cc1. The fraction of sp³-hybridized carbons (Fsp3) is 0.417. The Kier molecular flexibility index (Phi) is 6.90. The lowest BCUT2D eigenvalue weighted by Crippen LogP contribution is -2.52. The van der Waals surface area contributed by atoms with Crippen molar-refractivity contribution in [1.82, 2.24) is 10.2 Å². The van der Waals surface area contributed by atoms with E-state index in [0.29, 0.717) is 0 Å². The molecule has 30 heavy (non-hydrogen) atoms. The molecule has 3 rings (SSSR count). The highest BCUT2D eigenvalue weighted by atomic mass is 16.3. The van der Waals surface area contributed by atoms with Gasteiger partial charge < -0.3 is 21.1 Å². The number of carbonyl (C=O) groups excluding carboxylic acids is 2. The van der Waals surface area contributed by atoms with Crippen LogP contribution < -0.4 is 11.1 Å². The summed E-state index contributed by atoms with van der Waals surface area (Å²) in [6.45, 7) is 5.78. The molecule has 0 bridgehead atoms. The number of nitrogens with one attached hydrogen (secondary N) is 1. The molecule has 0 aliphatic carbocycles. The molecule has 1 saturated heterocycles. The number of benzene rings is 2. The number of hydrogen-bond donors (Lipinski definition) is 3. The Labute approximate surface area is 178 Å². The van der Waals surface area contributed by atoms with Gasteiger partial charge in [-0.2, -0.15) is 0 Å². The largest absolute Gasteiger partial charge is 0.391 e. The van der Waals surface area contributed by atoms with Gasteiger partial charge in [-0.05, 0) is 29.5 Å². The number of nitrogens with two attached hydrogens (primary N) is 1. The van der Waals surface area contributed by atoms with Gasteiger partial charge in [0, 0.05) is 13.0 Å². The lowest BCUT2D eigenvalue weighted by Gasteiger charge is -2.28. The molecule has 2 amide bonds. The van der Waals surface area contributed by atoms with Crippen LogP contribution in [0.1, 0.15) is 38.8 Å². The molecule has 0 unspecified atom stereocenters. The molecule has 0 radical (unpaired) electrons. The predicted octanol–water partition coefficient (Wildman–Crippen LogP) is 2.48. The van der Waals surface area contributed by atoms with Crippen LogP contribution >= 0.6 is 0 Å². The topological polar surface area (TPSA) is 95.7 Å². The fourth-order valence-electron chi connectivity index (χ4n) is 3.77. The van der Waals surface area contributed by atoms with Gasteiger partial charge in [0.2, 0.25) is 11.8 Å². The third-order valence-corrected chi connectivity index (χ3v) is 5.74. The molecule has 1 heterocycles. The average molecular weight is 410 g/mol. The van der Waals surface area contributed by atoms with Gasteiger partial charge in [-0.15, -0.1) is 0 Å². The van der Waals surface area contributed by atoms with E-state index in [2.05, 4.69) is 17.4 Å². The van der Waals surface area contributed by atoms with Crippen LogP contribution in [-0.4, -0.2) is 46.6 Å². The van der Waals surface area contributed by atoms with Gasteiger partial charge in [-0.1, -0.05) is 68.4 Å². The summed E-state index contributed by atoms with van der Waals surface area (Å²) in [6.07, 6.45) is -0.494. The highest BCUT2D eigenvalue weighted by Crippen LogP contribution is 2.24. The number of carbonyl (C=O) groups is 2. The number of β-amino-alcohol motifs (C(OH)–C–C–N with tert-alkyl or cyclic N) is 1. The van der Waals surface area contributed by atoms with Crippen molar-refractivity contribution in [2.75, 3.05) is 6.54 Å². The summed E-state index contributed by atoms with van der Waals surface area (Å²) in [7, 11) is 0. The van der Waals surface area contributed by atoms with E-state index < -0.39 is 18.2 Å². The molecular formula is C24H31N3O3. The first kappa shape index (κ1) is 22.0. The smallest absolute Gasteiger partial charge is 0.243 e. The molecule has 0 saturated carbocycles. The maximum Gasteiger partial charge on any atom is 0.243 e. The number of nitrogens with zero attached hydrogens (tertiary/aromatic N) is 1. The second-order valence-electron chi connectivity index (χ2n) is 8.38. The van der Waals surface area contributed by atoms with Gasteiger partial charge in [-0.25, -0.2) is 0 Å². The molecule has 1 aliphatic heterocycles. The molecule has 0 aromatic heterocycles. The maximum absolute atomic E-state index is 12.9. The second-order valence-corrected chi connectivity index (χ2v) is 8.38. The van der Waals surface area contributed by atoms with Gasteiger partial charge in [0.25, 0.3) is 0 Å². The van der Waals surface area contributed by atoms with Crippen molar-refractivity contribution < 1.29 is 14.7 Å². The summed E-state index contributed by atoms with van der Waals surface area (Å²) in [6, 6.07) is 16.5. The molecule has 4 atom stereocenters. The molecule has 0 spiro atoms. The average Bonchev–Trinajstić information content (AvgIpc) is 3.15. The first-order valence-corrected chi connectivity index (χ1v) is 10.5. The minimum Gasteiger partial charge on any atom is -0.391 e. The summed E-state index contributed by atoms with van der Waals surface area (Å²) >= 11 is 0. The van der Waals surface area contributed by atoms with Crippen molar-refractivity contribution in [3.8, 4) is 11.1 Å². The van der Waals surface area contributed by atoms with Gasteiger partial charge in [-0.3, -0.25) is 9.59 Å². The Bertz CT molecular complexity index is 867. The fourth-order valence-corrected chi connectivity index (χ4v) is 3.77. The zero-order valence-corrected chi connectivity index (χ0v) is 17.8. The van der Waals surface area contributed by atoms with Crippen LogP contribution in [-0.2, 0) is 9.59 Å². The van der Waals surface area contributed by atoms with E-state index in [-0.39, 0.29) is 36.7 Å². The first-order chi connectivity index (χ1) is 14.3. The highest BCUT2D eigenvalue weighted by Gasteiger charge is 2.41. The zero-order chi connectivity index (χ0) is 21.8. The number of likely N-dealkylation sites (tertiary alicyclic amines) is 1. The lowest BCUT2D eigenvalue weighted by molar-refractivity contribution is -0.140. The second kappa shape index (κ2) is 9.41. The van der Waals surface area contributed by atoms with E-state index in [1.54, 1.807) is 0 Å². The van der Waals surface area contributed by atoms with Crippen molar-refractivity contribution in [1.29, 1.82) is 0 Å². The Morgan fingerprint density at radius 1 is 1.03 bits per heavy atom. The number of rotatable bonds is 6. The van der Waals surface area contributed by atoms with Gasteiger partial charge in [0.05, 0.1) is 18.2 Å². The standard InChI is InChI=1S/C24H31N3O3/c1-15(2)22(25)24(30)27-14-20(28)13-21(27)23(29)26-16(3)17-9-11-19(12-10-17)18-7-5-4-6-8-18/h4-12,15-16,20-22,28H,13-14,25H2,1-3H3,(H,26,29)/t16-,20+,21-,22-/m0/s1. The molecule has 160 valence electrons. The molecule has 4 N–H and O–H groups in total. The van der Waals surface area contributed by atoms with Gasteiger partial charge >= 0.3 is 0 Å². The summed E-state index contributed by atoms with van der Waals surface area (Å²) in [5.41, 5.74) is 9.21. The van der Waals surface area contributed by atoms with Crippen LogP contribution in [0.25, 0.3) is 11.1 Å². The van der Waals surface area contributed by atoms with E-state index in [1.165, 1.54) is 4.90 Å². The van der Waals surface area contributed by atoms with Crippen molar-refractivity contribution >= 4 is 11.8 Å². The van der Waals surface area contributed by atoms with E-state index in [1.807, 2.05) is 63.2 Å². The minimum atomic E-state index is -0.718. The van der Waals surface area contributed by atoms with Gasteiger partial charge in [0.1, 0.15) is 6.04 Å². The predicted molar refractivity (Wildman–Crippen MR) is 117 cm³/mol. The third-order valence-electron chi connectivity index (χ3n) is 5.74. The summed E-state index contributed by atoms with van der Waals surface area (Å²) in [4.78, 5) is 27.0. The summed E-state index contributed by atoms with van der Waals surface area (Å²) in [5.74, 6) is -0.599. The number of aliphatic hydroxyl groups is 1. The lowest BCUT2D eigenvalue weighted by atomic mass is 10.0. The first-order valence-electron chi connectivity index (χ1n) is 10.5. The highest BCUT2D eigenvalue weighted by molar-refractivity contribution is 5.90. The molecular weight excluding hydrogens is 378 g/mol. The summed E-state index contributed by atoms with van der Waals surface area (Å²) < 4.78 is 0. The molecule has 2 aromatic rings. The van der Waals surface area contributed by atoms with Crippen LogP contribution in [0, 0.1) is 5.92 Å². The van der Waals surface area contributed by atoms with E-state index in [0.717, 1.165) is 16.7 Å². The molecule has 6 nitrogen and oxygen atoms in total. The Balaban J connectivity index is 1.67. The minimum absolute atomic E-state index is 0.0407. The van der Waals surface area contributed by atoms with Crippen molar-refractivity contribution in [3.63, 3.8) is 0 Å². The molecule has 1 aliphatic rings.